The molecule has 19 heavy (non-hydrogen) atoms. The summed E-state index contributed by atoms with van der Waals surface area (Å²) in [5, 5.41) is 3.65. The maximum absolute atomic E-state index is 5.87. The molecule has 0 spiro atoms. The minimum Gasteiger partial charge on any atom is -0.493 e. The van der Waals surface area contributed by atoms with Crippen LogP contribution in [0.5, 0.6) is 5.75 Å². The van der Waals surface area contributed by atoms with Gasteiger partial charge in [-0.2, -0.15) is 0 Å². The van der Waals surface area contributed by atoms with Gasteiger partial charge in [0, 0.05) is 6.04 Å². The average molecular weight is 261 g/mol. The van der Waals surface area contributed by atoms with Crippen LogP contribution >= 0.6 is 0 Å². The molecule has 1 aromatic rings. The second-order valence-corrected chi connectivity index (χ2v) is 5.69. The topological polar surface area (TPSA) is 21.3 Å². The summed E-state index contributed by atoms with van der Waals surface area (Å²) >= 11 is 0. The standard InChI is InChI=1S/C17H27NO/c1-14-8-6-11-17(15(14)2)19-13-7-12-18-16-9-4-3-5-10-16/h6,8,11,16,18H,3-5,7,9-10,12-13H2,1-2H3. The highest BCUT2D eigenvalue weighted by Gasteiger charge is 2.11. The predicted octanol–water partition coefficient (Wildman–Crippen LogP) is 3.99. The summed E-state index contributed by atoms with van der Waals surface area (Å²) < 4.78 is 5.87. The van der Waals surface area contributed by atoms with Crippen LogP contribution in [0.4, 0.5) is 0 Å². The molecule has 0 aromatic heterocycles. The Morgan fingerprint density at radius 3 is 2.74 bits per heavy atom. The van der Waals surface area contributed by atoms with Gasteiger partial charge in [0.05, 0.1) is 6.61 Å². The summed E-state index contributed by atoms with van der Waals surface area (Å²) in [4.78, 5) is 0. The Morgan fingerprint density at radius 1 is 1.16 bits per heavy atom. The van der Waals surface area contributed by atoms with Gasteiger partial charge in [-0.3, -0.25) is 0 Å². The molecule has 0 radical (unpaired) electrons. The summed E-state index contributed by atoms with van der Waals surface area (Å²) in [6, 6.07) is 7.02. The second kappa shape index (κ2) is 7.54. The van der Waals surface area contributed by atoms with Crippen LogP contribution in [0.2, 0.25) is 0 Å². The Morgan fingerprint density at radius 2 is 1.95 bits per heavy atom. The van der Waals surface area contributed by atoms with Crippen LogP contribution in [-0.2, 0) is 0 Å². The largest absolute Gasteiger partial charge is 0.493 e. The van der Waals surface area contributed by atoms with Crippen molar-refractivity contribution in [3.63, 3.8) is 0 Å². The summed E-state index contributed by atoms with van der Waals surface area (Å²) in [7, 11) is 0. The molecular formula is C17H27NO. The smallest absolute Gasteiger partial charge is 0.122 e. The van der Waals surface area contributed by atoms with Crippen molar-refractivity contribution in [3.8, 4) is 5.75 Å². The lowest BCUT2D eigenvalue weighted by molar-refractivity contribution is 0.295. The molecule has 0 amide bonds. The van der Waals surface area contributed by atoms with Crippen LogP contribution in [-0.4, -0.2) is 19.2 Å². The fourth-order valence-electron chi connectivity index (χ4n) is 2.75. The van der Waals surface area contributed by atoms with E-state index in [0.29, 0.717) is 0 Å². The van der Waals surface area contributed by atoms with Gasteiger partial charge in [-0.1, -0.05) is 31.4 Å². The maximum atomic E-state index is 5.87. The van der Waals surface area contributed by atoms with E-state index in [1.54, 1.807) is 0 Å². The van der Waals surface area contributed by atoms with E-state index in [4.69, 9.17) is 4.74 Å². The van der Waals surface area contributed by atoms with Crippen molar-refractivity contribution in [2.75, 3.05) is 13.2 Å². The fourth-order valence-corrected chi connectivity index (χ4v) is 2.75. The molecule has 0 aliphatic heterocycles. The highest BCUT2D eigenvalue weighted by molar-refractivity contribution is 5.38. The van der Waals surface area contributed by atoms with Crippen molar-refractivity contribution in [1.82, 2.24) is 5.32 Å². The summed E-state index contributed by atoms with van der Waals surface area (Å²) in [6.45, 7) is 6.15. The van der Waals surface area contributed by atoms with Crippen LogP contribution < -0.4 is 10.1 Å². The van der Waals surface area contributed by atoms with Gasteiger partial charge in [0.25, 0.3) is 0 Å². The highest BCUT2D eigenvalue weighted by Crippen LogP contribution is 2.20. The SMILES string of the molecule is Cc1cccc(OCCCNC2CCCCC2)c1C. The zero-order valence-electron chi connectivity index (χ0n) is 12.4. The first-order chi connectivity index (χ1) is 9.27. The van der Waals surface area contributed by atoms with Crippen LogP contribution in [0, 0.1) is 13.8 Å². The molecule has 0 saturated heterocycles. The van der Waals surface area contributed by atoms with Gasteiger partial charge in [0.2, 0.25) is 0 Å². The number of ether oxygens (including phenoxy) is 1. The van der Waals surface area contributed by atoms with Gasteiger partial charge in [0.15, 0.2) is 0 Å². The van der Waals surface area contributed by atoms with Crippen molar-refractivity contribution in [1.29, 1.82) is 0 Å². The quantitative estimate of drug-likeness (QED) is 0.782. The van der Waals surface area contributed by atoms with Gasteiger partial charge >= 0.3 is 0 Å². The molecule has 0 atom stereocenters. The lowest BCUT2D eigenvalue weighted by Gasteiger charge is -2.22. The molecular weight excluding hydrogens is 234 g/mol. The van der Waals surface area contributed by atoms with Gasteiger partial charge in [-0.25, -0.2) is 0 Å². The van der Waals surface area contributed by atoms with E-state index in [9.17, 15) is 0 Å². The molecule has 1 N–H and O–H groups in total. The molecule has 106 valence electrons. The number of nitrogens with one attached hydrogen (secondary N) is 1. The van der Waals surface area contributed by atoms with Gasteiger partial charge in [-0.05, 0) is 56.8 Å². The number of hydrogen-bond donors (Lipinski definition) is 1. The Bertz CT molecular complexity index is 383. The molecule has 0 unspecified atom stereocenters. The zero-order chi connectivity index (χ0) is 13.5. The number of benzene rings is 1. The number of rotatable bonds is 6. The minimum atomic E-state index is 0.759. The third-order valence-electron chi connectivity index (χ3n) is 4.17. The van der Waals surface area contributed by atoms with Gasteiger partial charge < -0.3 is 10.1 Å². The first kappa shape index (κ1) is 14.4. The average Bonchev–Trinajstić information content (AvgIpc) is 2.44. The molecule has 0 heterocycles. The zero-order valence-corrected chi connectivity index (χ0v) is 12.4. The highest BCUT2D eigenvalue weighted by atomic mass is 16.5. The fraction of sp³-hybridized carbons (Fsp3) is 0.647. The molecule has 1 saturated carbocycles. The number of aryl methyl sites for hydroxylation is 1. The van der Waals surface area contributed by atoms with Crippen molar-refractivity contribution >= 4 is 0 Å². The molecule has 1 aliphatic rings. The van der Waals surface area contributed by atoms with E-state index in [-0.39, 0.29) is 0 Å². The molecule has 1 aliphatic carbocycles. The second-order valence-electron chi connectivity index (χ2n) is 5.69. The van der Waals surface area contributed by atoms with Crippen LogP contribution in [0.1, 0.15) is 49.7 Å². The van der Waals surface area contributed by atoms with E-state index >= 15 is 0 Å². The molecule has 1 aromatic carbocycles. The normalized spacial score (nSPS) is 16.5. The minimum absolute atomic E-state index is 0.759. The van der Waals surface area contributed by atoms with Gasteiger partial charge in [-0.15, -0.1) is 0 Å². The van der Waals surface area contributed by atoms with E-state index < -0.39 is 0 Å². The van der Waals surface area contributed by atoms with E-state index in [1.807, 2.05) is 0 Å². The van der Waals surface area contributed by atoms with E-state index in [2.05, 4.69) is 37.4 Å². The van der Waals surface area contributed by atoms with E-state index in [0.717, 1.165) is 31.4 Å². The van der Waals surface area contributed by atoms with Crippen LogP contribution in [0.25, 0.3) is 0 Å². The van der Waals surface area contributed by atoms with Crippen molar-refractivity contribution in [2.45, 2.75) is 58.4 Å². The maximum Gasteiger partial charge on any atom is 0.122 e. The lowest BCUT2D eigenvalue weighted by Crippen LogP contribution is -2.32. The van der Waals surface area contributed by atoms with Crippen molar-refractivity contribution < 1.29 is 4.74 Å². The van der Waals surface area contributed by atoms with Gasteiger partial charge in [0.1, 0.15) is 5.75 Å². The molecule has 2 heteroatoms. The summed E-state index contributed by atoms with van der Waals surface area (Å²) in [6.07, 6.45) is 8.03. The third-order valence-corrected chi connectivity index (χ3v) is 4.17. The first-order valence-electron chi connectivity index (χ1n) is 7.70. The molecule has 0 bridgehead atoms. The summed E-state index contributed by atoms with van der Waals surface area (Å²) in [5.74, 6) is 1.04. The lowest BCUT2D eigenvalue weighted by atomic mass is 9.95. The molecule has 2 rings (SSSR count). The van der Waals surface area contributed by atoms with Crippen molar-refractivity contribution in [2.24, 2.45) is 0 Å². The van der Waals surface area contributed by atoms with E-state index in [1.165, 1.54) is 43.2 Å². The molecule has 2 nitrogen and oxygen atoms in total. The predicted molar refractivity (Wildman–Crippen MR) is 80.9 cm³/mol. The Kier molecular flexibility index (Phi) is 5.71. The van der Waals surface area contributed by atoms with Crippen molar-refractivity contribution in [3.05, 3.63) is 29.3 Å². The molecule has 1 fully saturated rings. The Hall–Kier alpha value is -1.02. The summed E-state index contributed by atoms with van der Waals surface area (Å²) in [5.41, 5.74) is 2.57. The third kappa shape index (κ3) is 4.54. The monoisotopic (exact) mass is 261 g/mol. The van der Waals surface area contributed by atoms with Crippen LogP contribution in [0.15, 0.2) is 18.2 Å². The van der Waals surface area contributed by atoms with Crippen LogP contribution in [0.3, 0.4) is 0 Å². The number of hydrogen-bond acceptors (Lipinski definition) is 2. The first-order valence-corrected chi connectivity index (χ1v) is 7.70. The Labute approximate surface area is 117 Å². The Balaban J connectivity index is 1.62.